The third-order valence-electron chi connectivity index (χ3n) is 11.7. The molecule has 1 spiro atoms. The highest BCUT2D eigenvalue weighted by Gasteiger charge is 2.72. The van der Waals surface area contributed by atoms with Crippen molar-refractivity contribution in [1.29, 1.82) is 0 Å². The highest BCUT2D eigenvalue weighted by atomic mass is 16.7. The van der Waals surface area contributed by atoms with E-state index in [1.165, 1.54) is 28.3 Å². The maximum absolute atomic E-state index is 14.3. The first-order valence-electron chi connectivity index (χ1n) is 15.9. The van der Waals surface area contributed by atoms with Crippen LogP contribution in [0.5, 0.6) is 0 Å². The molecule has 9 rings (SSSR count). The second-order valence-corrected chi connectivity index (χ2v) is 14.0. The fraction of sp³-hybridized carbons (Fsp3) is 0.500. The van der Waals surface area contributed by atoms with E-state index in [9.17, 15) is 19.5 Å². The molecular formula is C34H37N5O5. The van der Waals surface area contributed by atoms with Gasteiger partial charge in [-0.2, -0.15) is 0 Å². The highest BCUT2D eigenvalue weighted by Crippen LogP contribution is 2.67. The topological polar surface area (TPSA) is 118 Å². The van der Waals surface area contributed by atoms with Crippen LogP contribution < -0.4 is 5.32 Å². The van der Waals surface area contributed by atoms with Gasteiger partial charge in [-0.05, 0) is 68.3 Å². The minimum atomic E-state index is -2.03. The number of aliphatic hydroxyl groups is 1. The van der Waals surface area contributed by atoms with E-state index in [2.05, 4.69) is 46.6 Å². The standard InChI is InChI=1S/C34H37N5O5/c1-32(31(42)39-25(14-19-8-4-3-5-9-19)30(41)38-13-7-12-26(38)34(39,43)44-32)36-29(40)21-18-37(2)27-15-20-17-35-24-11-6-10-22(28(20)24)33(27)16-23(21)33/h3-6,8-11,17,21,23,25-27,35,43H,7,12-16,18H2,1-2H3,(H,36,40)/t21-,23+,25-,26-,27+,32+,33-,34-/m0/s1. The number of carbonyl (C=O) groups excluding carboxylic acids is 3. The predicted octanol–water partition coefficient (Wildman–Crippen LogP) is 1.87. The summed E-state index contributed by atoms with van der Waals surface area (Å²) in [6.45, 7) is 2.60. The zero-order chi connectivity index (χ0) is 30.2. The molecule has 0 radical (unpaired) electrons. The van der Waals surface area contributed by atoms with E-state index >= 15 is 0 Å². The van der Waals surface area contributed by atoms with Gasteiger partial charge in [-0.1, -0.05) is 42.5 Å². The van der Waals surface area contributed by atoms with Gasteiger partial charge in [0.2, 0.25) is 17.5 Å². The molecule has 6 aliphatic rings. The summed E-state index contributed by atoms with van der Waals surface area (Å²) in [5.41, 5.74) is 2.73. The normalized spacial score (nSPS) is 38.8. The van der Waals surface area contributed by atoms with Crippen molar-refractivity contribution < 1.29 is 24.2 Å². The van der Waals surface area contributed by atoms with Crippen molar-refractivity contribution in [1.82, 2.24) is 25.0 Å². The van der Waals surface area contributed by atoms with Gasteiger partial charge >= 0.3 is 0 Å². The Morgan fingerprint density at radius 1 is 1.14 bits per heavy atom. The quantitative estimate of drug-likeness (QED) is 0.424. The first kappa shape index (κ1) is 26.7. The molecular weight excluding hydrogens is 558 g/mol. The largest absolute Gasteiger partial charge is 0.361 e. The molecule has 10 nitrogen and oxygen atoms in total. The van der Waals surface area contributed by atoms with Gasteiger partial charge in [0.15, 0.2) is 0 Å². The number of H-pyrrole nitrogens is 1. The molecule has 2 aliphatic carbocycles. The summed E-state index contributed by atoms with van der Waals surface area (Å²) in [7, 11) is 2.09. The number of hydrogen-bond acceptors (Lipinski definition) is 6. The molecule has 3 aromatic rings. The number of likely N-dealkylation sites (N-methyl/N-ethyl adjacent to an activating group) is 1. The molecule has 2 aromatic carbocycles. The molecule has 10 heteroatoms. The Morgan fingerprint density at radius 3 is 2.77 bits per heavy atom. The highest BCUT2D eigenvalue weighted by molar-refractivity contribution is 5.97. The van der Waals surface area contributed by atoms with E-state index in [-0.39, 0.29) is 35.5 Å². The number of nitrogens with zero attached hydrogens (tertiary/aromatic N) is 3. The Kier molecular flexibility index (Phi) is 5.27. The van der Waals surface area contributed by atoms with Gasteiger partial charge in [0, 0.05) is 48.1 Å². The Morgan fingerprint density at radius 2 is 1.95 bits per heavy atom. The maximum Gasteiger partial charge on any atom is 0.280 e. The van der Waals surface area contributed by atoms with Crippen molar-refractivity contribution in [3.8, 4) is 0 Å². The van der Waals surface area contributed by atoms with Crippen LogP contribution in [0.2, 0.25) is 0 Å². The van der Waals surface area contributed by atoms with Gasteiger partial charge in [-0.3, -0.25) is 24.0 Å². The van der Waals surface area contributed by atoms with Gasteiger partial charge in [0.1, 0.15) is 12.1 Å². The lowest BCUT2D eigenvalue weighted by Crippen LogP contribution is -2.71. The number of likely N-dealkylation sites (tertiary alicyclic amines) is 1. The number of fused-ring (bicyclic) bond motifs is 3. The summed E-state index contributed by atoms with van der Waals surface area (Å²) < 4.78 is 6.30. The Labute approximate surface area is 255 Å². The Hall–Kier alpha value is -3.73. The lowest BCUT2D eigenvalue weighted by molar-refractivity contribution is -0.315. The van der Waals surface area contributed by atoms with Gasteiger partial charge in [-0.25, -0.2) is 0 Å². The average molecular weight is 596 g/mol. The summed E-state index contributed by atoms with van der Waals surface area (Å²) in [6, 6.07) is 14.6. The van der Waals surface area contributed by atoms with Crippen molar-refractivity contribution in [3.63, 3.8) is 0 Å². The fourth-order valence-corrected chi connectivity index (χ4v) is 9.76. The lowest BCUT2D eigenvalue weighted by atomic mass is 9.71. The summed E-state index contributed by atoms with van der Waals surface area (Å²) in [5.74, 6) is -3.26. The van der Waals surface area contributed by atoms with Crippen LogP contribution in [0.4, 0.5) is 0 Å². The van der Waals surface area contributed by atoms with E-state index in [4.69, 9.17) is 4.74 Å². The number of nitrogens with one attached hydrogen (secondary N) is 2. The van der Waals surface area contributed by atoms with E-state index < -0.39 is 29.6 Å². The average Bonchev–Trinajstić information content (AvgIpc) is 3.28. The Balaban J connectivity index is 1.03. The number of hydrogen-bond donors (Lipinski definition) is 3. The first-order valence-corrected chi connectivity index (χ1v) is 15.9. The van der Waals surface area contributed by atoms with Crippen molar-refractivity contribution in [3.05, 3.63) is 71.4 Å². The van der Waals surface area contributed by atoms with Crippen molar-refractivity contribution in [2.75, 3.05) is 20.1 Å². The predicted molar refractivity (Wildman–Crippen MR) is 160 cm³/mol. The molecule has 3 N–H and O–H groups in total. The second-order valence-electron chi connectivity index (χ2n) is 14.0. The number of benzene rings is 2. The number of rotatable bonds is 4. The lowest BCUT2D eigenvalue weighted by Gasteiger charge is -2.48. The fourth-order valence-electron chi connectivity index (χ4n) is 9.76. The maximum atomic E-state index is 14.3. The molecule has 44 heavy (non-hydrogen) atoms. The zero-order valence-corrected chi connectivity index (χ0v) is 25.0. The zero-order valence-electron chi connectivity index (χ0n) is 25.0. The van der Waals surface area contributed by atoms with Crippen LogP contribution in [0, 0.1) is 11.8 Å². The van der Waals surface area contributed by atoms with Crippen LogP contribution >= 0.6 is 0 Å². The minimum absolute atomic E-state index is 0.113. The Bertz CT molecular complexity index is 1740. The molecule has 4 aliphatic heterocycles. The van der Waals surface area contributed by atoms with Crippen LogP contribution in [-0.2, 0) is 37.4 Å². The van der Waals surface area contributed by atoms with Crippen molar-refractivity contribution >= 4 is 28.6 Å². The molecule has 0 unspecified atom stereocenters. The first-order chi connectivity index (χ1) is 21.2. The number of amides is 3. The summed E-state index contributed by atoms with van der Waals surface area (Å²) in [5, 5.41) is 16.4. The van der Waals surface area contributed by atoms with Gasteiger partial charge in [0.05, 0.1) is 5.92 Å². The SMILES string of the molecule is CN1C[C@H](C(=O)N[C@]2(C)O[C@@]3(O)[C@@H]4CCCN4C(=O)[C@H](Cc4ccccc4)N3C2=O)[C@H]2C[C@]23c2cccc4[nH]cc(c24)C[C@@H]13. The van der Waals surface area contributed by atoms with Crippen molar-refractivity contribution in [2.24, 2.45) is 11.8 Å². The smallest absolute Gasteiger partial charge is 0.280 e. The van der Waals surface area contributed by atoms with Crippen molar-refractivity contribution in [2.45, 2.75) is 74.2 Å². The third-order valence-corrected chi connectivity index (χ3v) is 11.7. The van der Waals surface area contributed by atoms with Crippen LogP contribution in [0.3, 0.4) is 0 Å². The molecule has 8 atom stereocenters. The summed E-state index contributed by atoms with van der Waals surface area (Å²) in [6.07, 6.45) is 5.44. The van der Waals surface area contributed by atoms with E-state index in [0.29, 0.717) is 32.0 Å². The summed E-state index contributed by atoms with van der Waals surface area (Å²) >= 11 is 0. The monoisotopic (exact) mass is 595 g/mol. The molecule has 1 saturated carbocycles. The number of ether oxygens (including phenoxy) is 1. The minimum Gasteiger partial charge on any atom is -0.361 e. The molecule has 5 heterocycles. The third kappa shape index (κ3) is 3.28. The number of piperidine rings is 1. The molecule has 5 fully saturated rings. The molecule has 4 saturated heterocycles. The van der Waals surface area contributed by atoms with E-state index in [0.717, 1.165) is 23.9 Å². The molecule has 0 bridgehead atoms. The van der Waals surface area contributed by atoms with Crippen LogP contribution in [-0.4, -0.2) is 92.4 Å². The number of carbonyl (C=O) groups is 3. The van der Waals surface area contributed by atoms with Crippen LogP contribution in [0.15, 0.2) is 54.7 Å². The van der Waals surface area contributed by atoms with E-state index in [1.807, 2.05) is 30.3 Å². The van der Waals surface area contributed by atoms with Crippen LogP contribution in [0.1, 0.15) is 42.9 Å². The molecule has 3 amide bonds. The molecule has 228 valence electrons. The second kappa shape index (κ2) is 8.71. The number of aromatic nitrogens is 1. The van der Waals surface area contributed by atoms with E-state index in [1.54, 1.807) is 4.90 Å². The van der Waals surface area contributed by atoms with Gasteiger partial charge in [-0.15, -0.1) is 0 Å². The number of aromatic amines is 1. The number of piperazine rings is 1. The van der Waals surface area contributed by atoms with Gasteiger partial charge in [0.25, 0.3) is 11.8 Å². The van der Waals surface area contributed by atoms with Gasteiger partial charge < -0.3 is 25.2 Å². The molecule has 1 aromatic heterocycles. The summed E-state index contributed by atoms with van der Waals surface area (Å²) in [4.78, 5) is 50.9. The van der Waals surface area contributed by atoms with Crippen LogP contribution in [0.25, 0.3) is 10.9 Å².